The third kappa shape index (κ3) is 1.98. The summed E-state index contributed by atoms with van der Waals surface area (Å²) >= 11 is 3.29. The summed E-state index contributed by atoms with van der Waals surface area (Å²) in [6.45, 7) is 0.584. The second-order valence-electron chi connectivity index (χ2n) is 2.84. The smallest absolute Gasteiger partial charge is 0.124 e. The van der Waals surface area contributed by atoms with E-state index in [0.717, 1.165) is 10.0 Å². The molecule has 0 aliphatic heterocycles. The summed E-state index contributed by atoms with van der Waals surface area (Å²) in [6, 6.07) is 4.59. The zero-order valence-corrected chi connectivity index (χ0v) is 8.78. The van der Waals surface area contributed by atoms with E-state index in [1.807, 2.05) is 0 Å². The van der Waals surface area contributed by atoms with Crippen LogP contribution in [0, 0.1) is 5.82 Å². The molecular formula is C9H7BrFN3. The predicted molar refractivity (Wildman–Crippen MR) is 53.2 cm³/mol. The molecule has 0 bridgehead atoms. The van der Waals surface area contributed by atoms with Crippen molar-refractivity contribution >= 4 is 15.9 Å². The zero-order chi connectivity index (χ0) is 9.97. The molecule has 0 saturated carbocycles. The highest BCUT2D eigenvalue weighted by molar-refractivity contribution is 9.10. The molecule has 3 nitrogen and oxygen atoms in total. The monoisotopic (exact) mass is 255 g/mol. The first-order chi connectivity index (χ1) is 6.75. The fraction of sp³-hybridized carbons (Fsp3) is 0.111. The van der Waals surface area contributed by atoms with Crippen LogP contribution in [0.2, 0.25) is 0 Å². The Labute approximate surface area is 88.7 Å². The van der Waals surface area contributed by atoms with Crippen LogP contribution in [0.3, 0.4) is 0 Å². The summed E-state index contributed by atoms with van der Waals surface area (Å²) in [5.41, 5.74) is 0.969. The Morgan fingerprint density at radius 3 is 2.93 bits per heavy atom. The van der Waals surface area contributed by atoms with Gasteiger partial charge in [-0.3, -0.25) is 0 Å². The highest BCUT2D eigenvalue weighted by atomic mass is 79.9. The minimum Gasteiger partial charge on any atom is -0.248 e. The lowest BCUT2D eigenvalue weighted by atomic mass is 10.2. The molecule has 1 aromatic heterocycles. The summed E-state index contributed by atoms with van der Waals surface area (Å²) in [6.07, 6.45) is 3.37. The van der Waals surface area contributed by atoms with Crippen LogP contribution in [-0.4, -0.2) is 15.0 Å². The van der Waals surface area contributed by atoms with Gasteiger partial charge < -0.3 is 0 Å². The number of hydrogen-bond acceptors (Lipinski definition) is 2. The lowest BCUT2D eigenvalue weighted by Gasteiger charge is -2.03. The zero-order valence-electron chi connectivity index (χ0n) is 7.19. The summed E-state index contributed by atoms with van der Waals surface area (Å²) in [7, 11) is 0. The van der Waals surface area contributed by atoms with E-state index in [2.05, 4.69) is 26.2 Å². The average molecular weight is 256 g/mol. The van der Waals surface area contributed by atoms with Gasteiger partial charge in [-0.15, -0.1) is 5.10 Å². The van der Waals surface area contributed by atoms with Crippen molar-refractivity contribution in [3.8, 4) is 0 Å². The van der Waals surface area contributed by atoms with Crippen LogP contribution in [0.1, 0.15) is 5.56 Å². The van der Waals surface area contributed by atoms with Crippen molar-refractivity contribution in [3.63, 3.8) is 0 Å². The van der Waals surface area contributed by atoms with Crippen LogP contribution in [0.5, 0.6) is 0 Å². The Balaban J connectivity index is 2.25. The Kier molecular flexibility index (Phi) is 2.58. The quantitative estimate of drug-likeness (QED) is 0.824. The van der Waals surface area contributed by atoms with Crippen LogP contribution < -0.4 is 0 Å². The van der Waals surface area contributed by atoms with Gasteiger partial charge in [0.15, 0.2) is 0 Å². The van der Waals surface area contributed by atoms with Crippen molar-refractivity contribution in [1.82, 2.24) is 15.0 Å². The number of rotatable bonds is 2. The highest BCUT2D eigenvalue weighted by Crippen LogP contribution is 2.18. The predicted octanol–water partition coefficient (Wildman–Crippen LogP) is 2.23. The second kappa shape index (κ2) is 3.88. The largest absolute Gasteiger partial charge is 0.248 e. The molecule has 0 atom stereocenters. The molecule has 0 radical (unpaired) electrons. The minimum absolute atomic E-state index is 0.251. The Hall–Kier alpha value is -1.23. The van der Waals surface area contributed by atoms with Gasteiger partial charge in [0.1, 0.15) is 5.82 Å². The molecule has 2 rings (SSSR count). The maximum absolute atomic E-state index is 12.8. The van der Waals surface area contributed by atoms with Crippen molar-refractivity contribution in [1.29, 1.82) is 0 Å². The molecule has 14 heavy (non-hydrogen) atoms. The van der Waals surface area contributed by atoms with Gasteiger partial charge in [0.25, 0.3) is 0 Å². The van der Waals surface area contributed by atoms with Crippen LogP contribution >= 0.6 is 15.9 Å². The maximum Gasteiger partial charge on any atom is 0.124 e. The lowest BCUT2D eigenvalue weighted by Crippen LogP contribution is -2.01. The lowest BCUT2D eigenvalue weighted by molar-refractivity contribution is 0.619. The van der Waals surface area contributed by atoms with Gasteiger partial charge in [0.2, 0.25) is 0 Å². The Morgan fingerprint density at radius 1 is 1.43 bits per heavy atom. The van der Waals surface area contributed by atoms with Crippen LogP contribution in [-0.2, 0) is 6.54 Å². The van der Waals surface area contributed by atoms with E-state index < -0.39 is 0 Å². The molecule has 0 N–H and O–H groups in total. The summed E-state index contributed by atoms with van der Waals surface area (Å²) < 4.78 is 15.2. The van der Waals surface area contributed by atoms with Crippen LogP contribution in [0.25, 0.3) is 0 Å². The first-order valence-electron chi connectivity index (χ1n) is 4.04. The van der Waals surface area contributed by atoms with Crippen LogP contribution in [0.15, 0.2) is 35.1 Å². The van der Waals surface area contributed by atoms with E-state index in [1.165, 1.54) is 12.1 Å². The van der Waals surface area contributed by atoms with E-state index in [0.29, 0.717) is 6.54 Å². The van der Waals surface area contributed by atoms with Gasteiger partial charge in [-0.2, -0.15) is 0 Å². The van der Waals surface area contributed by atoms with Gasteiger partial charge in [-0.1, -0.05) is 27.2 Å². The Morgan fingerprint density at radius 2 is 2.29 bits per heavy atom. The molecular weight excluding hydrogens is 249 g/mol. The van der Waals surface area contributed by atoms with Crippen molar-refractivity contribution in [2.45, 2.75) is 6.54 Å². The third-order valence-electron chi connectivity index (χ3n) is 1.82. The SMILES string of the molecule is Fc1ccc(Cn2ccnn2)c(Br)c1. The average Bonchev–Trinajstić information content (AvgIpc) is 2.62. The summed E-state index contributed by atoms with van der Waals surface area (Å²) in [5, 5.41) is 7.52. The van der Waals surface area contributed by atoms with E-state index in [-0.39, 0.29) is 5.82 Å². The second-order valence-corrected chi connectivity index (χ2v) is 3.69. The minimum atomic E-state index is -0.251. The number of aromatic nitrogens is 3. The number of halogens is 2. The highest BCUT2D eigenvalue weighted by Gasteiger charge is 2.02. The third-order valence-corrected chi connectivity index (χ3v) is 2.56. The van der Waals surface area contributed by atoms with Crippen molar-refractivity contribution < 1.29 is 4.39 Å². The fourth-order valence-corrected chi connectivity index (χ4v) is 1.62. The van der Waals surface area contributed by atoms with Crippen LogP contribution in [0.4, 0.5) is 4.39 Å². The normalized spacial score (nSPS) is 10.4. The molecule has 0 aliphatic carbocycles. The fourth-order valence-electron chi connectivity index (χ4n) is 1.14. The molecule has 1 heterocycles. The van der Waals surface area contributed by atoms with Gasteiger partial charge in [0.05, 0.1) is 12.7 Å². The van der Waals surface area contributed by atoms with Crippen molar-refractivity contribution in [2.75, 3.05) is 0 Å². The summed E-state index contributed by atoms with van der Waals surface area (Å²) in [4.78, 5) is 0. The number of hydrogen-bond donors (Lipinski definition) is 0. The van der Waals surface area contributed by atoms with Gasteiger partial charge in [-0.05, 0) is 17.7 Å². The molecule has 2 aromatic rings. The Bertz CT molecular complexity index is 428. The first-order valence-corrected chi connectivity index (χ1v) is 4.83. The van der Waals surface area contributed by atoms with E-state index in [9.17, 15) is 4.39 Å². The molecule has 72 valence electrons. The van der Waals surface area contributed by atoms with Gasteiger partial charge >= 0.3 is 0 Å². The van der Waals surface area contributed by atoms with E-state index in [4.69, 9.17) is 0 Å². The molecule has 1 aromatic carbocycles. The molecule has 5 heteroatoms. The first kappa shape index (κ1) is 9.33. The van der Waals surface area contributed by atoms with Crippen molar-refractivity contribution in [3.05, 3.63) is 46.4 Å². The molecule has 0 aliphatic rings. The molecule has 0 saturated heterocycles. The molecule has 0 fully saturated rings. The maximum atomic E-state index is 12.8. The van der Waals surface area contributed by atoms with E-state index >= 15 is 0 Å². The molecule has 0 amide bonds. The standard InChI is InChI=1S/C9H7BrFN3/c10-9-5-8(11)2-1-7(9)6-14-4-3-12-13-14/h1-5H,6H2. The summed E-state index contributed by atoms with van der Waals surface area (Å²) in [5.74, 6) is -0.251. The molecule has 0 spiro atoms. The van der Waals surface area contributed by atoms with E-state index in [1.54, 1.807) is 23.1 Å². The molecule has 0 unspecified atom stereocenters. The van der Waals surface area contributed by atoms with Gasteiger partial charge in [0, 0.05) is 10.7 Å². The number of benzene rings is 1. The van der Waals surface area contributed by atoms with Crippen molar-refractivity contribution in [2.24, 2.45) is 0 Å². The topological polar surface area (TPSA) is 30.7 Å². The number of nitrogens with zero attached hydrogens (tertiary/aromatic N) is 3. The van der Waals surface area contributed by atoms with Gasteiger partial charge in [-0.25, -0.2) is 9.07 Å².